The van der Waals surface area contributed by atoms with Crippen LogP contribution in [0.2, 0.25) is 10.0 Å². The molecule has 0 aliphatic carbocycles. The highest BCUT2D eigenvalue weighted by Crippen LogP contribution is 2.32. The second-order valence-electron chi connectivity index (χ2n) is 9.98. The van der Waals surface area contributed by atoms with E-state index in [1.807, 2.05) is 36.0 Å². The molecule has 210 valence electrons. The van der Waals surface area contributed by atoms with Gasteiger partial charge in [0.05, 0.1) is 10.0 Å². The number of likely N-dealkylation sites (tertiary alicyclic amines) is 1. The summed E-state index contributed by atoms with van der Waals surface area (Å²) in [4.78, 5) is 17.1. The van der Waals surface area contributed by atoms with Crippen molar-refractivity contribution in [2.75, 3.05) is 26.2 Å². The first-order valence-corrected chi connectivity index (χ1v) is 15.0. The van der Waals surface area contributed by atoms with Crippen LogP contribution in [-0.4, -0.2) is 42.2 Å². The number of halogens is 4. The summed E-state index contributed by atoms with van der Waals surface area (Å²) >= 11 is 14.5. The molecule has 1 N–H and O–H groups in total. The van der Waals surface area contributed by atoms with Crippen LogP contribution >= 0.6 is 47.4 Å². The largest absolute Gasteiger partial charge is 0.351 e. The lowest BCUT2D eigenvalue weighted by atomic mass is 9.94. The van der Waals surface area contributed by atoms with Gasteiger partial charge in [-0.05, 0) is 86.2 Å². The van der Waals surface area contributed by atoms with Crippen LogP contribution in [0.1, 0.15) is 41.1 Å². The Balaban J connectivity index is 0.00000370. The van der Waals surface area contributed by atoms with Crippen LogP contribution in [0.4, 0.5) is 4.39 Å². The zero-order chi connectivity index (χ0) is 27.2. The number of benzene rings is 4. The number of nitrogens with zero attached hydrogens (tertiary/aromatic N) is 1. The number of piperidine rings is 1. The van der Waals surface area contributed by atoms with Crippen LogP contribution < -0.4 is 5.32 Å². The van der Waals surface area contributed by atoms with Gasteiger partial charge in [0.15, 0.2) is 0 Å². The predicted molar refractivity (Wildman–Crippen MR) is 169 cm³/mol. The van der Waals surface area contributed by atoms with E-state index in [1.165, 1.54) is 11.0 Å². The molecule has 0 bridgehead atoms. The molecule has 5 rings (SSSR count). The molecule has 40 heavy (non-hydrogen) atoms. The maximum absolute atomic E-state index is 14.3. The molecule has 4 aromatic carbocycles. The second kappa shape index (κ2) is 14.6. The van der Waals surface area contributed by atoms with Crippen molar-refractivity contribution < 1.29 is 9.18 Å². The molecule has 1 aliphatic heterocycles. The van der Waals surface area contributed by atoms with E-state index >= 15 is 0 Å². The number of hydrogen-bond donors (Lipinski definition) is 1. The van der Waals surface area contributed by atoms with E-state index in [0.29, 0.717) is 38.2 Å². The van der Waals surface area contributed by atoms with Crippen LogP contribution in [0, 0.1) is 5.82 Å². The van der Waals surface area contributed by atoms with E-state index in [2.05, 4.69) is 40.5 Å². The fourth-order valence-corrected chi connectivity index (χ4v) is 6.66. The number of amides is 1. The van der Waals surface area contributed by atoms with Crippen molar-refractivity contribution >= 4 is 64.1 Å². The quantitative estimate of drug-likeness (QED) is 0.204. The normalized spacial score (nSPS) is 15.0. The van der Waals surface area contributed by atoms with Crippen molar-refractivity contribution in [3.05, 3.63) is 112 Å². The highest BCUT2D eigenvalue weighted by molar-refractivity contribution is 8.00. The van der Waals surface area contributed by atoms with Gasteiger partial charge in [-0.15, -0.1) is 24.2 Å². The average Bonchev–Trinajstić information content (AvgIpc) is 2.96. The summed E-state index contributed by atoms with van der Waals surface area (Å²) < 4.78 is 14.3. The standard InChI is InChI=1S/C32H31Cl2FN2OS.ClH/c33-29-12-10-22(20-30(29)34)23(14-17-37-18-15-25(16-19-37)39-24-6-2-1-3-7-24)21-36-32(38)28-11-13-31(35)27-9-5-4-8-26(27)28;/h1-13,20,23,25H,14-19,21H2,(H,36,38);1H. The average molecular weight is 618 g/mol. The molecule has 1 fully saturated rings. The van der Waals surface area contributed by atoms with E-state index in [-0.39, 0.29) is 30.0 Å². The Morgan fingerprint density at radius 1 is 0.925 bits per heavy atom. The molecule has 0 aromatic heterocycles. The van der Waals surface area contributed by atoms with Gasteiger partial charge in [0.1, 0.15) is 5.82 Å². The Kier molecular flexibility index (Phi) is 11.2. The number of rotatable bonds is 9. The van der Waals surface area contributed by atoms with Gasteiger partial charge in [0.2, 0.25) is 0 Å². The highest BCUT2D eigenvalue weighted by atomic mass is 35.5. The van der Waals surface area contributed by atoms with E-state index in [1.54, 1.807) is 24.3 Å². The third-order valence-electron chi connectivity index (χ3n) is 7.41. The molecule has 1 amide bonds. The van der Waals surface area contributed by atoms with Gasteiger partial charge in [-0.1, -0.05) is 71.7 Å². The minimum Gasteiger partial charge on any atom is -0.351 e. The predicted octanol–water partition coefficient (Wildman–Crippen LogP) is 8.87. The molecule has 0 spiro atoms. The third kappa shape index (κ3) is 7.71. The lowest BCUT2D eigenvalue weighted by molar-refractivity contribution is 0.0951. The number of fused-ring (bicyclic) bond motifs is 1. The minimum absolute atomic E-state index is 0. The van der Waals surface area contributed by atoms with E-state index in [0.717, 1.165) is 44.5 Å². The fraction of sp³-hybridized carbons (Fsp3) is 0.281. The summed E-state index contributed by atoms with van der Waals surface area (Å²) in [6, 6.07) is 26.3. The van der Waals surface area contributed by atoms with Gasteiger partial charge in [0.25, 0.3) is 5.91 Å². The van der Waals surface area contributed by atoms with Crippen molar-refractivity contribution in [2.24, 2.45) is 0 Å². The topological polar surface area (TPSA) is 32.3 Å². The number of carbonyl (C=O) groups excluding carboxylic acids is 1. The fourth-order valence-electron chi connectivity index (χ4n) is 5.20. The van der Waals surface area contributed by atoms with Gasteiger partial charge in [-0.25, -0.2) is 4.39 Å². The molecule has 1 saturated heterocycles. The van der Waals surface area contributed by atoms with Crippen molar-refractivity contribution in [3.63, 3.8) is 0 Å². The molecule has 0 radical (unpaired) electrons. The van der Waals surface area contributed by atoms with Crippen molar-refractivity contribution in [2.45, 2.75) is 35.3 Å². The van der Waals surface area contributed by atoms with Crippen molar-refractivity contribution in [3.8, 4) is 0 Å². The van der Waals surface area contributed by atoms with Crippen LogP contribution in [0.25, 0.3) is 10.8 Å². The lowest BCUT2D eigenvalue weighted by Crippen LogP contribution is -2.37. The van der Waals surface area contributed by atoms with Crippen LogP contribution in [0.15, 0.2) is 89.8 Å². The Bertz CT molecular complexity index is 1430. The zero-order valence-electron chi connectivity index (χ0n) is 22.0. The zero-order valence-corrected chi connectivity index (χ0v) is 25.1. The molecule has 1 unspecified atom stereocenters. The monoisotopic (exact) mass is 616 g/mol. The van der Waals surface area contributed by atoms with Crippen LogP contribution in [0.5, 0.6) is 0 Å². The first kappa shape index (κ1) is 30.7. The molecular weight excluding hydrogens is 586 g/mol. The summed E-state index contributed by atoms with van der Waals surface area (Å²) in [6.07, 6.45) is 3.19. The number of nitrogens with one attached hydrogen (secondary N) is 1. The van der Waals surface area contributed by atoms with Gasteiger partial charge >= 0.3 is 0 Å². The SMILES string of the molecule is Cl.O=C(NCC(CCN1CCC(Sc2ccccc2)CC1)c1ccc(Cl)c(Cl)c1)c1ccc(F)c2ccccc12. The summed E-state index contributed by atoms with van der Waals surface area (Å²) in [7, 11) is 0. The summed E-state index contributed by atoms with van der Waals surface area (Å²) in [5.41, 5.74) is 1.51. The van der Waals surface area contributed by atoms with Gasteiger partial charge in [-0.3, -0.25) is 4.79 Å². The Labute approximate surface area is 255 Å². The van der Waals surface area contributed by atoms with Gasteiger partial charge in [0, 0.05) is 33.6 Å². The summed E-state index contributed by atoms with van der Waals surface area (Å²) in [6.45, 7) is 3.50. The molecule has 3 nitrogen and oxygen atoms in total. The van der Waals surface area contributed by atoms with Crippen LogP contribution in [0.3, 0.4) is 0 Å². The summed E-state index contributed by atoms with van der Waals surface area (Å²) in [5, 5.41) is 5.82. The Morgan fingerprint density at radius 2 is 1.62 bits per heavy atom. The number of carbonyl (C=O) groups is 1. The third-order valence-corrected chi connectivity index (χ3v) is 9.50. The Hall–Kier alpha value is -2.28. The smallest absolute Gasteiger partial charge is 0.251 e. The van der Waals surface area contributed by atoms with Gasteiger partial charge < -0.3 is 10.2 Å². The van der Waals surface area contributed by atoms with E-state index in [9.17, 15) is 9.18 Å². The number of thioether (sulfide) groups is 1. The first-order valence-electron chi connectivity index (χ1n) is 13.3. The first-order chi connectivity index (χ1) is 19.0. The molecule has 1 heterocycles. The number of hydrogen-bond acceptors (Lipinski definition) is 3. The Morgan fingerprint density at radius 3 is 2.35 bits per heavy atom. The minimum atomic E-state index is -0.332. The maximum Gasteiger partial charge on any atom is 0.251 e. The lowest BCUT2D eigenvalue weighted by Gasteiger charge is -2.32. The molecular formula is C32H32Cl3FN2OS. The molecule has 8 heteroatoms. The molecule has 1 aliphatic rings. The van der Waals surface area contributed by atoms with E-state index in [4.69, 9.17) is 23.2 Å². The second-order valence-corrected chi connectivity index (χ2v) is 12.2. The van der Waals surface area contributed by atoms with Gasteiger partial charge in [-0.2, -0.15) is 0 Å². The van der Waals surface area contributed by atoms with Crippen molar-refractivity contribution in [1.82, 2.24) is 10.2 Å². The van der Waals surface area contributed by atoms with Crippen molar-refractivity contribution in [1.29, 1.82) is 0 Å². The molecule has 4 aromatic rings. The van der Waals surface area contributed by atoms with E-state index < -0.39 is 0 Å². The highest BCUT2D eigenvalue weighted by Gasteiger charge is 2.22. The molecule has 0 saturated carbocycles. The molecule has 1 atom stereocenters. The van der Waals surface area contributed by atoms with Crippen LogP contribution in [-0.2, 0) is 0 Å². The summed E-state index contributed by atoms with van der Waals surface area (Å²) in [5.74, 6) is -0.483. The maximum atomic E-state index is 14.3.